The van der Waals surface area contributed by atoms with Crippen LogP contribution in [-0.2, 0) is 6.54 Å². The van der Waals surface area contributed by atoms with E-state index in [1.807, 2.05) is 0 Å². The number of hydrogen-bond acceptors (Lipinski definition) is 2. The summed E-state index contributed by atoms with van der Waals surface area (Å²) in [5.74, 6) is -1.72. The van der Waals surface area contributed by atoms with Crippen molar-refractivity contribution in [3.05, 3.63) is 58.6 Å². The maximum absolute atomic E-state index is 13.0. The number of anilines is 2. The third-order valence-electron chi connectivity index (χ3n) is 2.46. The van der Waals surface area contributed by atoms with E-state index in [1.54, 1.807) is 18.2 Å². The zero-order valence-corrected chi connectivity index (χ0v) is 10.1. The lowest BCUT2D eigenvalue weighted by atomic mass is 10.2. The molecule has 94 valence electrons. The minimum Gasteiger partial charge on any atom is -0.399 e. The molecule has 0 aromatic heterocycles. The average Bonchev–Trinajstić information content (AvgIpc) is 2.32. The Kier molecular flexibility index (Phi) is 3.67. The molecular formula is C13H11ClF2N2. The van der Waals surface area contributed by atoms with Crippen molar-refractivity contribution in [1.82, 2.24) is 0 Å². The van der Waals surface area contributed by atoms with Gasteiger partial charge in [-0.15, -0.1) is 0 Å². The van der Waals surface area contributed by atoms with Crippen molar-refractivity contribution in [2.45, 2.75) is 6.54 Å². The summed E-state index contributed by atoms with van der Waals surface area (Å²) >= 11 is 5.98. The first-order chi connectivity index (χ1) is 8.56. The van der Waals surface area contributed by atoms with Gasteiger partial charge in [0.1, 0.15) is 0 Å². The molecule has 18 heavy (non-hydrogen) atoms. The second kappa shape index (κ2) is 5.23. The lowest BCUT2D eigenvalue weighted by Crippen LogP contribution is -2.01. The highest BCUT2D eigenvalue weighted by molar-refractivity contribution is 6.33. The van der Waals surface area contributed by atoms with Gasteiger partial charge in [0.05, 0.1) is 10.7 Å². The summed E-state index contributed by atoms with van der Waals surface area (Å²) < 4.78 is 25.7. The molecule has 2 nitrogen and oxygen atoms in total. The van der Waals surface area contributed by atoms with E-state index in [-0.39, 0.29) is 0 Å². The van der Waals surface area contributed by atoms with Crippen LogP contribution in [0.5, 0.6) is 0 Å². The normalized spacial score (nSPS) is 10.4. The molecule has 0 aliphatic heterocycles. The van der Waals surface area contributed by atoms with Gasteiger partial charge in [-0.3, -0.25) is 0 Å². The highest BCUT2D eigenvalue weighted by atomic mass is 35.5. The second-order valence-electron chi connectivity index (χ2n) is 3.84. The Morgan fingerprint density at radius 1 is 1.06 bits per heavy atom. The maximum Gasteiger partial charge on any atom is 0.159 e. The molecule has 0 saturated carbocycles. The lowest BCUT2D eigenvalue weighted by molar-refractivity contribution is 0.507. The summed E-state index contributed by atoms with van der Waals surface area (Å²) in [6.07, 6.45) is 0. The molecule has 0 bridgehead atoms. The van der Waals surface area contributed by atoms with Crippen LogP contribution in [0.25, 0.3) is 0 Å². The monoisotopic (exact) mass is 268 g/mol. The molecule has 2 aromatic carbocycles. The number of hydrogen-bond donors (Lipinski definition) is 2. The number of rotatable bonds is 3. The maximum atomic E-state index is 13.0. The first-order valence-corrected chi connectivity index (χ1v) is 5.67. The number of nitrogen functional groups attached to an aromatic ring is 1. The largest absolute Gasteiger partial charge is 0.399 e. The average molecular weight is 269 g/mol. The quantitative estimate of drug-likeness (QED) is 0.831. The fourth-order valence-electron chi connectivity index (χ4n) is 1.52. The zero-order chi connectivity index (χ0) is 13.1. The Hall–Kier alpha value is -1.81. The molecule has 2 aromatic rings. The van der Waals surface area contributed by atoms with Crippen molar-refractivity contribution >= 4 is 23.0 Å². The highest BCUT2D eigenvalue weighted by Gasteiger charge is 2.04. The van der Waals surface area contributed by atoms with Gasteiger partial charge in [-0.25, -0.2) is 8.78 Å². The predicted octanol–water partition coefficient (Wildman–Crippen LogP) is 3.81. The van der Waals surface area contributed by atoms with E-state index in [4.69, 9.17) is 17.3 Å². The number of nitrogens with one attached hydrogen (secondary N) is 1. The standard InChI is InChI=1S/C13H11ClF2N2/c14-10-6-9(17)2-4-13(10)18-7-8-1-3-11(15)12(16)5-8/h1-6,18H,7,17H2. The van der Waals surface area contributed by atoms with E-state index < -0.39 is 11.6 Å². The Labute approximate surface area is 108 Å². The number of halogens is 3. The van der Waals surface area contributed by atoms with Gasteiger partial charge in [-0.2, -0.15) is 0 Å². The molecule has 5 heteroatoms. The third-order valence-corrected chi connectivity index (χ3v) is 2.77. The van der Waals surface area contributed by atoms with E-state index in [2.05, 4.69) is 5.32 Å². The second-order valence-corrected chi connectivity index (χ2v) is 4.25. The van der Waals surface area contributed by atoms with Crippen molar-refractivity contribution in [2.24, 2.45) is 0 Å². The number of benzene rings is 2. The van der Waals surface area contributed by atoms with Gasteiger partial charge < -0.3 is 11.1 Å². The van der Waals surface area contributed by atoms with Crippen LogP contribution in [0.2, 0.25) is 5.02 Å². The van der Waals surface area contributed by atoms with Crippen LogP contribution in [0, 0.1) is 11.6 Å². The van der Waals surface area contributed by atoms with Gasteiger partial charge in [0.2, 0.25) is 0 Å². The fraction of sp³-hybridized carbons (Fsp3) is 0.0769. The smallest absolute Gasteiger partial charge is 0.159 e. The zero-order valence-electron chi connectivity index (χ0n) is 9.38. The first-order valence-electron chi connectivity index (χ1n) is 5.29. The predicted molar refractivity (Wildman–Crippen MR) is 69.5 cm³/mol. The minimum atomic E-state index is -0.863. The molecule has 0 spiro atoms. The molecule has 0 radical (unpaired) electrons. The van der Waals surface area contributed by atoms with Crippen LogP contribution in [0.1, 0.15) is 5.56 Å². The van der Waals surface area contributed by atoms with Crippen LogP contribution in [0.15, 0.2) is 36.4 Å². The summed E-state index contributed by atoms with van der Waals surface area (Å²) in [4.78, 5) is 0. The van der Waals surface area contributed by atoms with Crippen LogP contribution in [0.4, 0.5) is 20.2 Å². The summed E-state index contributed by atoms with van der Waals surface area (Å²) in [6, 6.07) is 8.81. The van der Waals surface area contributed by atoms with Crippen LogP contribution >= 0.6 is 11.6 Å². The summed E-state index contributed by atoms with van der Waals surface area (Å²) in [6.45, 7) is 0.348. The van der Waals surface area contributed by atoms with E-state index >= 15 is 0 Å². The van der Waals surface area contributed by atoms with Gasteiger partial charge in [0.15, 0.2) is 11.6 Å². The minimum absolute atomic E-state index is 0.348. The van der Waals surface area contributed by atoms with Crippen LogP contribution in [-0.4, -0.2) is 0 Å². The van der Waals surface area contributed by atoms with Crippen molar-refractivity contribution in [3.8, 4) is 0 Å². The summed E-state index contributed by atoms with van der Waals surface area (Å²) in [5, 5.41) is 3.51. The first kappa shape index (κ1) is 12.6. The Morgan fingerprint density at radius 2 is 1.83 bits per heavy atom. The summed E-state index contributed by atoms with van der Waals surface area (Å²) in [5.41, 5.74) is 7.45. The summed E-state index contributed by atoms with van der Waals surface area (Å²) in [7, 11) is 0. The molecule has 0 saturated heterocycles. The number of nitrogens with two attached hydrogens (primary N) is 1. The van der Waals surface area contributed by atoms with Crippen molar-refractivity contribution in [3.63, 3.8) is 0 Å². The lowest BCUT2D eigenvalue weighted by Gasteiger charge is -2.09. The fourth-order valence-corrected chi connectivity index (χ4v) is 1.78. The molecule has 3 N–H and O–H groups in total. The Balaban J connectivity index is 2.09. The van der Waals surface area contributed by atoms with Gasteiger partial charge >= 0.3 is 0 Å². The van der Waals surface area contributed by atoms with Crippen molar-refractivity contribution < 1.29 is 8.78 Å². The molecule has 0 unspecified atom stereocenters. The third kappa shape index (κ3) is 2.90. The van der Waals surface area contributed by atoms with E-state index in [0.29, 0.717) is 28.5 Å². The molecule has 0 atom stereocenters. The molecule has 0 amide bonds. The Bertz CT molecular complexity index is 573. The molecule has 2 rings (SSSR count). The van der Waals surface area contributed by atoms with Crippen LogP contribution < -0.4 is 11.1 Å². The topological polar surface area (TPSA) is 38.0 Å². The van der Waals surface area contributed by atoms with Crippen LogP contribution in [0.3, 0.4) is 0 Å². The molecular weight excluding hydrogens is 258 g/mol. The molecule has 0 aliphatic carbocycles. The van der Waals surface area contributed by atoms with Crippen molar-refractivity contribution in [1.29, 1.82) is 0 Å². The molecule has 0 aliphatic rings. The Morgan fingerprint density at radius 3 is 2.50 bits per heavy atom. The highest BCUT2D eigenvalue weighted by Crippen LogP contribution is 2.24. The van der Waals surface area contributed by atoms with E-state index in [1.165, 1.54) is 6.07 Å². The van der Waals surface area contributed by atoms with Gasteiger partial charge in [0, 0.05) is 12.2 Å². The SMILES string of the molecule is Nc1ccc(NCc2ccc(F)c(F)c2)c(Cl)c1. The molecule has 0 heterocycles. The van der Waals surface area contributed by atoms with E-state index in [9.17, 15) is 8.78 Å². The van der Waals surface area contributed by atoms with Gasteiger partial charge in [-0.05, 0) is 35.9 Å². The van der Waals surface area contributed by atoms with Crippen molar-refractivity contribution in [2.75, 3.05) is 11.1 Å². The molecule has 0 fully saturated rings. The van der Waals surface area contributed by atoms with Gasteiger partial charge in [0.25, 0.3) is 0 Å². The van der Waals surface area contributed by atoms with E-state index in [0.717, 1.165) is 12.1 Å². The van der Waals surface area contributed by atoms with Gasteiger partial charge in [-0.1, -0.05) is 17.7 Å².